The van der Waals surface area contributed by atoms with Crippen LogP contribution in [0.25, 0.3) is 0 Å². The first-order valence-electron chi connectivity index (χ1n) is 10.5. The van der Waals surface area contributed by atoms with Crippen molar-refractivity contribution in [1.29, 1.82) is 0 Å². The maximum Gasteiger partial charge on any atom is 0.256 e. The first-order valence-corrected chi connectivity index (χ1v) is 10.5. The molecular weight excluding hydrogens is 304 g/mol. The van der Waals surface area contributed by atoms with Crippen molar-refractivity contribution < 1.29 is 4.57 Å². The number of benzene rings is 1. The Hall–Kier alpha value is -1.57. The van der Waals surface area contributed by atoms with Gasteiger partial charge in [0.25, 0.3) is 5.82 Å². The smallest absolute Gasteiger partial charge is 0.234 e. The van der Waals surface area contributed by atoms with E-state index in [9.17, 15) is 0 Å². The van der Waals surface area contributed by atoms with E-state index in [0.717, 1.165) is 13.1 Å². The summed E-state index contributed by atoms with van der Waals surface area (Å²) < 4.78 is 4.91. The molecule has 0 saturated carbocycles. The van der Waals surface area contributed by atoms with Crippen LogP contribution >= 0.6 is 0 Å². The zero-order valence-electron chi connectivity index (χ0n) is 16.4. The molecule has 0 N–H and O–H groups in total. The molecule has 0 atom stereocenters. The normalized spacial score (nSPS) is 11.1. The lowest BCUT2D eigenvalue weighted by molar-refractivity contribution is -0.703. The molecule has 0 unspecified atom stereocenters. The zero-order chi connectivity index (χ0) is 17.7. The highest BCUT2D eigenvalue weighted by Gasteiger charge is 2.16. The number of aryl methyl sites for hydroxylation is 1. The summed E-state index contributed by atoms with van der Waals surface area (Å²) in [7, 11) is 0. The lowest BCUT2D eigenvalue weighted by Gasteiger charge is -2.06. The highest BCUT2D eigenvalue weighted by atomic mass is 15.1. The molecule has 138 valence electrons. The predicted molar refractivity (Wildman–Crippen MR) is 107 cm³/mol. The molecule has 0 aliphatic heterocycles. The van der Waals surface area contributed by atoms with Gasteiger partial charge in [0.2, 0.25) is 0 Å². The van der Waals surface area contributed by atoms with Gasteiger partial charge in [0, 0.05) is 6.42 Å². The van der Waals surface area contributed by atoms with Gasteiger partial charge >= 0.3 is 0 Å². The van der Waals surface area contributed by atoms with Crippen molar-refractivity contribution in [2.75, 3.05) is 0 Å². The van der Waals surface area contributed by atoms with E-state index >= 15 is 0 Å². The van der Waals surface area contributed by atoms with Gasteiger partial charge in [0.05, 0.1) is 6.54 Å². The van der Waals surface area contributed by atoms with Crippen LogP contribution in [0.1, 0.15) is 83.0 Å². The lowest BCUT2D eigenvalue weighted by Crippen LogP contribution is -2.37. The molecule has 1 aromatic heterocycles. The standard InChI is InChI=1S/C23H37N2/c1-3-5-6-7-8-9-10-14-17-23-24(18-4-2)19-20-25(23)21-22-15-12-11-13-16-22/h11-13,15-16,19-20H,3-10,14,17-18,21H2,1-2H3/q+1. The minimum atomic E-state index is 0.990. The number of hydrogen-bond donors (Lipinski definition) is 0. The SMILES string of the molecule is CCCCCCCCCCc1n(Cc2ccccc2)cc[n+]1CCC. The fourth-order valence-electron chi connectivity index (χ4n) is 3.57. The molecule has 0 bridgehead atoms. The van der Waals surface area contributed by atoms with Crippen molar-refractivity contribution in [2.45, 2.75) is 91.1 Å². The number of rotatable bonds is 13. The molecular formula is C23H37N2+. The van der Waals surface area contributed by atoms with Crippen molar-refractivity contribution in [1.82, 2.24) is 4.57 Å². The Morgan fingerprint density at radius 1 is 0.800 bits per heavy atom. The van der Waals surface area contributed by atoms with Crippen molar-refractivity contribution in [2.24, 2.45) is 0 Å². The second-order valence-electron chi connectivity index (χ2n) is 7.25. The second kappa shape index (κ2) is 11.9. The quantitative estimate of drug-likeness (QED) is 0.316. The molecule has 2 rings (SSSR count). The number of aromatic nitrogens is 2. The summed E-state index contributed by atoms with van der Waals surface area (Å²) in [6, 6.07) is 10.8. The molecule has 0 aliphatic rings. The van der Waals surface area contributed by atoms with E-state index < -0.39 is 0 Å². The lowest BCUT2D eigenvalue weighted by atomic mass is 10.1. The van der Waals surface area contributed by atoms with Gasteiger partial charge in [0.15, 0.2) is 0 Å². The third-order valence-corrected chi connectivity index (χ3v) is 5.00. The van der Waals surface area contributed by atoms with Gasteiger partial charge in [-0.1, -0.05) is 89.1 Å². The van der Waals surface area contributed by atoms with Crippen LogP contribution in [0.15, 0.2) is 42.7 Å². The third kappa shape index (κ3) is 7.05. The van der Waals surface area contributed by atoms with E-state index in [1.165, 1.54) is 75.6 Å². The van der Waals surface area contributed by atoms with Crippen LogP contribution in [0.3, 0.4) is 0 Å². The monoisotopic (exact) mass is 341 g/mol. The van der Waals surface area contributed by atoms with Crippen LogP contribution < -0.4 is 4.57 Å². The van der Waals surface area contributed by atoms with Gasteiger partial charge in [-0.15, -0.1) is 0 Å². The van der Waals surface area contributed by atoms with Gasteiger partial charge in [-0.2, -0.15) is 0 Å². The molecule has 0 aliphatic carbocycles. The molecule has 0 amide bonds. The molecule has 1 heterocycles. The van der Waals surface area contributed by atoms with E-state index in [1.54, 1.807) is 0 Å². The van der Waals surface area contributed by atoms with Crippen molar-refractivity contribution in [3.05, 3.63) is 54.1 Å². The van der Waals surface area contributed by atoms with Crippen molar-refractivity contribution in [3.8, 4) is 0 Å². The summed E-state index contributed by atoms with van der Waals surface area (Å²) in [4.78, 5) is 0. The number of imidazole rings is 1. The number of nitrogens with zero attached hydrogens (tertiary/aromatic N) is 2. The van der Waals surface area contributed by atoms with Crippen molar-refractivity contribution in [3.63, 3.8) is 0 Å². The van der Waals surface area contributed by atoms with Crippen LogP contribution in [0.4, 0.5) is 0 Å². The molecule has 1 aromatic carbocycles. The Labute approximate surface area is 154 Å². The minimum absolute atomic E-state index is 0.990. The summed E-state index contributed by atoms with van der Waals surface area (Å²) in [6.07, 6.45) is 18.0. The van der Waals surface area contributed by atoms with Crippen LogP contribution in [0.2, 0.25) is 0 Å². The Balaban J connectivity index is 1.83. The summed E-state index contributed by atoms with van der Waals surface area (Å²) in [5.74, 6) is 1.50. The molecule has 2 heteroatoms. The van der Waals surface area contributed by atoms with Gasteiger partial charge in [0.1, 0.15) is 18.9 Å². The molecule has 0 fully saturated rings. The summed E-state index contributed by atoms with van der Waals surface area (Å²) in [6.45, 7) is 6.68. The summed E-state index contributed by atoms with van der Waals surface area (Å²) in [5.41, 5.74) is 1.39. The molecule has 0 radical (unpaired) electrons. The molecule has 0 saturated heterocycles. The highest BCUT2D eigenvalue weighted by Crippen LogP contribution is 2.12. The Morgan fingerprint density at radius 2 is 1.48 bits per heavy atom. The number of hydrogen-bond acceptors (Lipinski definition) is 0. The average molecular weight is 342 g/mol. The Kier molecular flexibility index (Phi) is 9.40. The first kappa shape index (κ1) is 19.8. The van der Waals surface area contributed by atoms with E-state index in [1.807, 2.05) is 0 Å². The average Bonchev–Trinajstić information content (AvgIpc) is 3.00. The van der Waals surface area contributed by atoms with E-state index in [2.05, 4.69) is 65.7 Å². The summed E-state index contributed by atoms with van der Waals surface area (Å²) in [5, 5.41) is 0. The van der Waals surface area contributed by atoms with E-state index in [4.69, 9.17) is 0 Å². The van der Waals surface area contributed by atoms with Crippen LogP contribution in [0, 0.1) is 0 Å². The van der Waals surface area contributed by atoms with Gasteiger partial charge < -0.3 is 0 Å². The Bertz CT molecular complexity index is 571. The third-order valence-electron chi connectivity index (χ3n) is 5.00. The molecule has 25 heavy (non-hydrogen) atoms. The predicted octanol–water partition coefficient (Wildman–Crippen LogP) is 5.92. The highest BCUT2D eigenvalue weighted by molar-refractivity contribution is 5.15. The van der Waals surface area contributed by atoms with Crippen molar-refractivity contribution >= 4 is 0 Å². The maximum atomic E-state index is 2.46. The van der Waals surface area contributed by atoms with Gasteiger partial charge in [-0.25, -0.2) is 9.13 Å². The van der Waals surface area contributed by atoms with Gasteiger partial charge in [-0.05, 0) is 18.4 Å². The van der Waals surface area contributed by atoms with Crippen LogP contribution in [-0.4, -0.2) is 4.57 Å². The largest absolute Gasteiger partial charge is 0.256 e. The van der Waals surface area contributed by atoms with Crippen LogP contribution in [-0.2, 0) is 19.5 Å². The molecule has 0 spiro atoms. The zero-order valence-corrected chi connectivity index (χ0v) is 16.4. The Morgan fingerprint density at radius 3 is 2.16 bits per heavy atom. The summed E-state index contributed by atoms with van der Waals surface area (Å²) >= 11 is 0. The van der Waals surface area contributed by atoms with E-state index in [0.29, 0.717) is 0 Å². The minimum Gasteiger partial charge on any atom is -0.234 e. The molecule has 2 nitrogen and oxygen atoms in total. The van der Waals surface area contributed by atoms with Crippen LogP contribution in [0.5, 0.6) is 0 Å². The van der Waals surface area contributed by atoms with Gasteiger partial charge in [-0.3, -0.25) is 0 Å². The number of unbranched alkanes of at least 4 members (excludes halogenated alkanes) is 7. The van der Waals surface area contributed by atoms with E-state index in [-0.39, 0.29) is 0 Å². The maximum absolute atomic E-state index is 2.46. The fraction of sp³-hybridized carbons (Fsp3) is 0.609. The second-order valence-corrected chi connectivity index (χ2v) is 7.25. The first-order chi connectivity index (χ1) is 12.3. The molecule has 2 aromatic rings. The fourth-order valence-corrected chi connectivity index (χ4v) is 3.57. The topological polar surface area (TPSA) is 8.81 Å².